The highest BCUT2D eigenvalue weighted by atomic mass is 32.2. The Balaban J connectivity index is 2.29. The van der Waals surface area contributed by atoms with Crippen LogP contribution in [0.1, 0.15) is 0 Å². The van der Waals surface area contributed by atoms with Crippen LogP contribution in [0.25, 0.3) is 11.1 Å². The van der Waals surface area contributed by atoms with Crippen molar-refractivity contribution >= 4 is 17.6 Å². The van der Waals surface area contributed by atoms with Gasteiger partial charge in [0, 0.05) is 10.5 Å². The van der Waals surface area contributed by atoms with E-state index in [2.05, 4.69) is 53.3 Å². The van der Waals surface area contributed by atoms with Crippen LogP contribution in [0.5, 0.6) is 0 Å². The summed E-state index contributed by atoms with van der Waals surface area (Å²) in [7, 11) is 0. The first kappa shape index (κ1) is 7.94. The van der Waals surface area contributed by atoms with Gasteiger partial charge in [-0.1, -0.05) is 36.4 Å². The quantitative estimate of drug-likeness (QED) is 0.648. The first-order chi connectivity index (χ1) is 6.95. The molecule has 0 amide bonds. The lowest BCUT2D eigenvalue weighted by atomic mass is 10.0. The van der Waals surface area contributed by atoms with E-state index >= 15 is 0 Å². The normalized spacial score (nSPS) is 12.6. The van der Waals surface area contributed by atoms with Crippen molar-refractivity contribution in [1.29, 1.82) is 0 Å². The van der Waals surface area contributed by atoms with Gasteiger partial charge in [-0.25, -0.2) is 0 Å². The first-order valence-corrected chi connectivity index (χ1v) is 5.38. The molecule has 14 heavy (non-hydrogen) atoms. The molecule has 2 aromatic rings. The van der Waals surface area contributed by atoms with Crippen LogP contribution in [0.15, 0.2) is 53.4 Å². The van der Waals surface area contributed by atoms with Crippen molar-refractivity contribution in [3.05, 3.63) is 48.5 Å². The third-order valence-corrected chi connectivity index (χ3v) is 3.27. The van der Waals surface area contributed by atoms with E-state index < -0.39 is 0 Å². The molecule has 0 spiro atoms. The van der Waals surface area contributed by atoms with Crippen molar-refractivity contribution in [1.82, 2.24) is 0 Å². The van der Waals surface area contributed by atoms with Gasteiger partial charge in [0.05, 0.1) is 5.69 Å². The Morgan fingerprint density at radius 1 is 0.786 bits per heavy atom. The summed E-state index contributed by atoms with van der Waals surface area (Å²) < 4.78 is 3.34. The highest BCUT2D eigenvalue weighted by molar-refractivity contribution is 8.00. The Morgan fingerprint density at radius 2 is 1.50 bits per heavy atom. The van der Waals surface area contributed by atoms with Gasteiger partial charge in [0.1, 0.15) is 0 Å². The van der Waals surface area contributed by atoms with E-state index in [9.17, 15) is 0 Å². The summed E-state index contributed by atoms with van der Waals surface area (Å²) in [6.45, 7) is 0. The van der Waals surface area contributed by atoms with Crippen molar-refractivity contribution in [2.75, 3.05) is 4.72 Å². The molecule has 0 atom stereocenters. The van der Waals surface area contributed by atoms with Crippen LogP contribution in [-0.2, 0) is 0 Å². The third-order valence-electron chi connectivity index (χ3n) is 2.38. The molecule has 0 aliphatic carbocycles. The van der Waals surface area contributed by atoms with Crippen molar-refractivity contribution < 1.29 is 0 Å². The highest BCUT2D eigenvalue weighted by Crippen LogP contribution is 2.41. The van der Waals surface area contributed by atoms with Crippen LogP contribution >= 0.6 is 11.9 Å². The summed E-state index contributed by atoms with van der Waals surface area (Å²) in [6.07, 6.45) is 0. The van der Waals surface area contributed by atoms with Gasteiger partial charge in [-0.05, 0) is 29.6 Å². The van der Waals surface area contributed by atoms with Crippen molar-refractivity contribution in [3.8, 4) is 11.1 Å². The number of anilines is 1. The molecule has 1 nitrogen and oxygen atoms in total. The molecule has 0 bridgehead atoms. The molecule has 0 aromatic heterocycles. The SMILES string of the molecule is c1ccc2c(c1)NSc1ccccc1-2. The monoisotopic (exact) mass is 199 g/mol. The minimum absolute atomic E-state index is 1.20. The van der Waals surface area contributed by atoms with E-state index in [1.54, 1.807) is 11.9 Å². The number of hydrogen-bond donors (Lipinski definition) is 1. The average Bonchev–Trinajstić information content (AvgIpc) is 2.29. The van der Waals surface area contributed by atoms with Crippen molar-refractivity contribution in [2.45, 2.75) is 4.90 Å². The lowest BCUT2D eigenvalue weighted by Crippen LogP contribution is -1.97. The van der Waals surface area contributed by atoms with Crippen LogP contribution in [0.2, 0.25) is 0 Å². The van der Waals surface area contributed by atoms with Gasteiger partial charge in [0.25, 0.3) is 0 Å². The van der Waals surface area contributed by atoms with Crippen LogP contribution in [0.4, 0.5) is 5.69 Å². The summed E-state index contributed by atoms with van der Waals surface area (Å²) in [5, 5.41) is 0. The van der Waals surface area contributed by atoms with Crippen molar-refractivity contribution in [3.63, 3.8) is 0 Å². The number of para-hydroxylation sites is 1. The minimum atomic E-state index is 1.20. The third kappa shape index (κ3) is 1.11. The maximum absolute atomic E-state index is 3.34. The molecule has 0 fully saturated rings. The van der Waals surface area contributed by atoms with E-state index in [4.69, 9.17) is 0 Å². The van der Waals surface area contributed by atoms with Gasteiger partial charge >= 0.3 is 0 Å². The zero-order valence-corrected chi connectivity index (χ0v) is 8.34. The second-order valence-electron chi connectivity index (χ2n) is 3.25. The predicted octanol–water partition coefficient (Wildman–Crippen LogP) is 3.79. The second-order valence-corrected chi connectivity index (χ2v) is 4.09. The van der Waals surface area contributed by atoms with E-state index in [0.717, 1.165) is 0 Å². The maximum Gasteiger partial charge on any atom is 0.0522 e. The Hall–Kier alpha value is -1.41. The number of hydrogen-bond acceptors (Lipinski definition) is 2. The standard InChI is InChI=1S/C12H9NS/c1-3-7-11-9(5-1)10-6-2-4-8-12(10)14-13-11/h1-8,13H. The number of rotatable bonds is 0. The fourth-order valence-corrected chi connectivity index (χ4v) is 2.53. The van der Waals surface area contributed by atoms with E-state index in [1.807, 2.05) is 0 Å². The molecule has 1 heterocycles. The molecular formula is C12H9NS. The molecule has 1 aliphatic heterocycles. The molecule has 3 rings (SSSR count). The van der Waals surface area contributed by atoms with E-state index in [-0.39, 0.29) is 0 Å². The van der Waals surface area contributed by atoms with E-state index in [1.165, 1.54) is 21.7 Å². The molecule has 2 heteroatoms. The fraction of sp³-hybridized carbons (Fsp3) is 0. The summed E-state index contributed by atoms with van der Waals surface area (Å²) in [4.78, 5) is 1.30. The topological polar surface area (TPSA) is 12.0 Å². The molecule has 0 radical (unpaired) electrons. The smallest absolute Gasteiger partial charge is 0.0522 e. The highest BCUT2D eigenvalue weighted by Gasteiger charge is 2.14. The van der Waals surface area contributed by atoms with Gasteiger partial charge < -0.3 is 4.72 Å². The lowest BCUT2D eigenvalue weighted by molar-refractivity contribution is 1.42. The molecule has 0 saturated heterocycles. The second kappa shape index (κ2) is 3.07. The number of nitrogens with one attached hydrogen (secondary N) is 1. The van der Waals surface area contributed by atoms with Gasteiger partial charge in [-0.2, -0.15) is 0 Å². The molecule has 2 aromatic carbocycles. The van der Waals surface area contributed by atoms with Gasteiger partial charge in [0.2, 0.25) is 0 Å². The fourth-order valence-electron chi connectivity index (χ4n) is 1.70. The molecule has 0 unspecified atom stereocenters. The largest absolute Gasteiger partial charge is 0.325 e. The predicted molar refractivity (Wildman–Crippen MR) is 61.4 cm³/mol. The van der Waals surface area contributed by atoms with Crippen molar-refractivity contribution in [2.24, 2.45) is 0 Å². The van der Waals surface area contributed by atoms with Crippen LogP contribution in [0.3, 0.4) is 0 Å². The number of fused-ring (bicyclic) bond motifs is 3. The molecular weight excluding hydrogens is 190 g/mol. The van der Waals surface area contributed by atoms with Gasteiger partial charge in [-0.15, -0.1) is 0 Å². The summed E-state index contributed by atoms with van der Waals surface area (Å²) in [5.74, 6) is 0. The van der Waals surface area contributed by atoms with Crippen LogP contribution < -0.4 is 4.72 Å². The zero-order valence-electron chi connectivity index (χ0n) is 7.53. The molecule has 0 saturated carbocycles. The summed E-state index contributed by atoms with van der Waals surface area (Å²) in [6, 6.07) is 16.9. The Kier molecular flexibility index (Phi) is 1.74. The van der Waals surface area contributed by atoms with Gasteiger partial charge in [-0.3, -0.25) is 0 Å². The lowest BCUT2D eigenvalue weighted by Gasteiger charge is -2.19. The van der Waals surface area contributed by atoms with Gasteiger partial charge in [0.15, 0.2) is 0 Å². The first-order valence-electron chi connectivity index (χ1n) is 4.56. The molecule has 1 aliphatic rings. The van der Waals surface area contributed by atoms with Crippen LogP contribution in [0, 0.1) is 0 Å². The maximum atomic E-state index is 3.34. The molecule has 68 valence electrons. The minimum Gasteiger partial charge on any atom is -0.325 e. The Labute approximate surface area is 87.3 Å². The summed E-state index contributed by atoms with van der Waals surface area (Å²) in [5.41, 5.74) is 3.82. The zero-order chi connectivity index (χ0) is 9.38. The summed E-state index contributed by atoms with van der Waals surface area (Å²) >= 11 is 1.68. The Bertz CT molecular complexity index is 434. The number of benzene rings is 2. The average molecular weight is 199 g/mol. The Morgan fingerprint density at radius 3 is 2.43 bits per heavy atom. The van der Waals surface area contributed by atoms with E-state index in [0.29, 0.717) is 0 Å². The molecule has 1 N–H and O–H groups in total. The van der Waals surface area contributed by atoms with Crippen LogP contribution in [-0.4, -0.2) is 0 Å².